The number of hydrogen-bond acceptors (Lipinski definition) is 5. The minimum Gasteiger partial charge on any atom is -0.497 e. The molecule has 28 heavy (non-hydrogen) atoms. The van der Waals surface area contributed by atoms with Crippen LogP contribution in [-0.2, 0) is 17.8 Å². The number of rotatable bonds is 3. The van der Waals surface area contributed by atoms with E-state index in [1.165, 1.54) is 28.5 Å². The van der Waals surface area contributed by atoms with Gasteiger partial charge in [-0.15, -0.1) is 0 Å². The molecule has 1 aromatic heterocycles. The lowest BCUT2D eigenvalue weighted by molar-refractivity contribution is -0.137. The lowest BCUT2D eigenvalue weighted by Crippen LogP contribution is -2.55. The van der Waals surface area contributed by atoms with Crippen molar-refractivity contribution in [2.75, 3.05) is 31.6 Å². The van der Waals surface area contributed by atoms with Crippen LogP contribution >= 0.6 is 11.3 Å². The Balaban J connectivity index is 1.24. The van der Waals surface area contributed by atoms with Crippen LogP contribution in [-0.4, -0.2) is 42.5 Å². The van der Waals surface area contributed by atoms with Gasteiger partial charge in [0.2, 0.25) is 5.91 Å². The molecular weight excluding hydrogens is 377 g/mol. The highest BCUT2D eigenvalue weighted by Crippen LogP contribution is 2.35. The summed E-state index contributed by atoms with van der Waals surface area (Å²) in [5.41, 5.74) is 2.87. The third-order valence-electron chi connectivity index (χ3n) is 5.60. The molecule has 0 unspecified atom stereocenters. The SMILES string of the molecule is COc1ccc2c(c1)CCN(C(=O)C1CN(c3nc4c(F)cccc4s3)C1)C2. The highest BCUT2D eigenvalue weighted by molar-refractivity contribution is 7.22. The van der Waals surface area contributed by atoms with Gasteiger partial charge in [-0.2, -0.15) is 0 Å². The monoisotopic (exact) mass is 397 g/mol. The molecule has 0 aliphatic carbocycles. The second kappa shape index (κ2) is 6.74. The summed E-state index contributed by atoms with van der Waals surface area (Å²) in [5, 5.41) is 0.792. The van der Waals surface area contributed by atoms with Gasteiger partial charge in [-0.05, 0) is 41.8 Å². The molecule has 1 amide bonds. The Morgan fingerprint density at radius 3 is 2.89 bits per heavy atom. The molecule has 2 aromatic carbocycles. The molecule has 0 saturated carbocycles. The highest BCUT2D eigenvalue weighted by Gasteiger charge is 2.37. The van der Waals surface area contributed by atoms with E-state index >= 15 is 0 Å². The predicted octanol–water partition coefficient (Wildman–Crippen LogP) is 3.47. The number of anilines is 1. The van der Waals surface area contributed by atoms with E-state index in [0.29, 0.717) is 25.2 Å². The summed E-state index contributed by atoms with van der Waals surface area (Å²) in [6.45, 7) is 2.68. The number of para-hydroxylation sites is 1. The summed E-state index contributed by atoms with van der Waals surface area (Å²) >= 11 is 1.48. The maximum absolute atomic E-state index is 13.9. The van der Waals surface area contributed by atoms with Gasteiger partial charge in [0, 0.05) is 26.2 Å². The minimum absolute atomic E-state index is 0.0170. The van der Waals surface area contributed by atoms with Crippen LogP contribution < -0.4 is 9.64 Å². The summed E-state index contributed by atoms with van der Waals surface area (Å²) < 4.78 is 20.0. The number of carbonyl (C=O) groups excluding carboxylic acids is 1. The van der Waals surface area contributed by atoms with Gasteiger partial charge in [0.15, 0.2) is 5.13 Å². The van der Waals surface area contributed by atoms with E-state index in [1.807, 2.05) is 17.0 Å². The van der Waals surface area contributed by atoms with Crippen LogP contribution in [0.3, 0.4) is 0 Å². The van der Waals surface area contributed by atoms with E-state index in [2.05, 4.69) is 22.0 Å². The van der Waals surface area contributed by atoms with E-state index in [4.69, 9.17) is 4.74 Å². The fourth-order valence-electron chi connectivity index (χ4n) is 3.93. The van der Waals surface area contributed by atoms with Crippen molar-refractivity contribution < 1.29 is 13.9 Å². The van der Waals surface area contributed by atoms with Gasteiger partial charge in [0.25, 0.3) is 0 Å². The minimum atomic E-state index is -0.295. The second-order valence-corrected chi connectivity index (χ2v) is 8.34. The summed E-state index contributed by atoms with van der Waals surface area (Å²) in [7, 11) is 1.67. The number of aromatic nitrogens is 1. The first-order chi connectivity index (χ1) is 13.6. The lowest BCUT2D eigenvalue weighted by atomic mass is 9.95. The molecule has 0 bridgehead atoms. The number of thiazole rings is 1. The number of halogens is 1. The molecule has 5 rings (SSSR count). The van der Waals surface area contributed by atoms with E-state index < -0.39 is 0 Å². The molecule has 0 spiro atoms. The summed E-state index contributed by atoms with van der Waals surface area (Å²) in [6.07, 6.45) is 0.853. The molecule has 0 radical (unpaired) electrons. The number of benzene rings is 2. The number of nitrogens with zero attached hydrogens (tertiary/aromatic N) is 3. The van der Waals surface area contributed by atoms with E-state index in [1.54, 1.807) is 13.2 Å². The van der Waals surface area contributed by atoms with E-state index in [-0.39, 0.29) is 17.6 Å². The Labute approximate surface area is 166 Å². The van der Waals surface area contributed by atoms with Gasteiger partial charge in [-0.3, -0.25) is 4.79 Å². The molecule has 0 N–H and O–H groups in total. The first-order valence-corrected chi connectivity index (χ1v) is 10.2. The third-order valence-corrected chi connectivity index (χ3v) is 6.68. The van der Waals surface area contributed by atoms with Gasteiger partial charge in [0.1, 0.15) is 17.1 Å². The smallest absolute Gasteiger partial charge is 0.229 e. The number of carbonyl (C=O) groups is 1. The first-order valence-electron chi connectivity index (χ1n) is 9.37. The van der Waals surface area contributed by atoms with Crippen LogP contribution in [0.25, 0.3) is 10.2 Å². The maximum Gasteiger partial charge on any atom is 0.229 e. The van der Waals surface area contributed by atoms with Crippen molar-refractivity contribution in [2.24, 2.45) is 5.92 Å². The molecule has 3 aromatic rings. The number of amides is 1. The molecule has 0 atom stereocenters. The van der Waals surface area contributed by atoms with Crippen molar-refractivity contribution in [3.63, 3.8) is 0 Å². The molecule has 144 valence electrons. The fourth-order valence-corrected chi connectivity index (χ4v) is 4.93. The highest BCUT2D eigenvalue weighted by atomic mass is 32.1. The topological polar surface area (TPSA) is 45.7 Å². The molecule has 2 aliphatic rings. The fraction of sp³-hybridized carbons (Fsp3) is 0.333. The van der Waals surface area contributed by atoms with E-state index in [9.17, 15) is 9.18 Å². The van der Waals surface area contributed by atoms with Crippen molar-refractivity contribution >= 4 is 32.6 Å². The first kappa shape index (κ1) is 17.4. The van der Waals surface area contributed by atoms with E-state index in [0.717, 1.165) is 28.5 Å². The van der Waals surface area contributed by atoms with Gasteiger partial charge in [-0.25, -0.2) is 9.37 Å². The van der Waals surface area contributed by atoms with Gasteiger partial charge < -0.3 is 14.5 Å². The van der Waals surface area contributed by atoms with Crippen LogP contribution in [0, 0.1) is 11.7 Å². The van der Waals surface area contributed by atoms with Crippen LogP contribution in [0.15, 0.2) is 36.4 Å². The van der Waals surface area contributed by atoms with Crippen molar-refractivity contribution in [3.05, 3.63) is 53.3 Å². The summed E-state index contributed by atoms with van der Waals surface area (Å²) in [4.78, 5) is 21.4. The average Bonchev–Trinajstić information content (AvgIpc) is 3.11. The Kier molecular flexibility index (Phi) is 4.19. The molecule has 5 nitrogen and oxygen atoms in total. The number of ether oxygens (including phenoxy) is 1. The van der Waals surface area contributed by atoms with Crippen molar-refractivity contribution in [1.29, 1.82) is 0 Å². The Hall–Kier alpha value is -2.67. The van der Waals surface area contributed by atoms with Gasteiger partial charge in [-0.1, -0.05) is 23.5 Å². The van der Waals surface area contributed by atoms with Crippen molar-refractivity contribution in [1.82, 2.24) is 9.88 Å². The van der Waals surface area contributed by atoms with Crippen molar-refractivity contribution in [3.8, 4) is 5.75 Å². The zero-order valence-electron chi connectivity index (χ0n) is 15.5. The predicted molar refractivity (Wildman–Crippen MR) is 107 cm³/mol. The molecule has 1 fully saturated rings. The molecule has 3 heterocycles. The quantitative estimate of drug-likeness (QED) is 0.679. The number of fused-ring (bicyclic) bond motifs is 2. The zero-order chi connectivity index (χ0) is 19.3. The molecular formula is C21H20FN3O2S. The van der Waals surface area contributed by atoms with Crippen LogP contribution in [0.5, 0.6) is 5.75 Å². The summed E-state index contributed by atoms with van der Waals surface area (Å²) in [5.74, 6) is 0.749. The van der Waals surface area contributed by atoms with Crippen LogP contribution in [0.1, 0.15) is 11.1 Å². The lowest BCUT2D eigenvalue weighted by Gasteiger charge is -2.41. The standard InChI is InChI=1S/C21H20FN3O2S/c1-27-16-6-5-14-10-24(8-7-13(14)9-16)20(26)15-11-25(12-15)21-23-19-17(22)3-2-4-18(19)28-21/h2-6,9,15H,7-8,10-12H2,1H3. The van der Waals surface area contributed by atoms with Gasteiger partial charge >= 0.3 is 0 Å². The number of methoxy groups -OCH3 is 1. The normalized spacial score (nSPS) is 16.8. The van der Waals surface area contributed by atoms with Crippen molar-refractivity contribution in [2.45, 2.75) is 13.0 Å². The molecule has 7 heteroatoms. The Bertz CT molecular complexity index is 1060. The van der Waals surface area contributed by atoms with Crippen LogP contribution in [0.4, 0.5) is 9.52 Å². The van der Waals surface area contributed by atoms with Crippen LogP contribution in [0.2, 0.25) is 0 Å². The largest absolute Gasteiger partial charge is 0.497 e. The molecule has 2 aliphatic heterocycles. The Morgan fingerprint density at radius 2 is 2.11 bits per heavy atom. The Morgan fingerprint density at radius 1 is 1.25 bits per heavy atom. The second-order valence-electron chi connectivity index (χ2n) is 7.33. The molecule has 1 saturated heterocycles. The van der Waals surface area contributed by atoms with Gasteiger partial charge in [0.05, 0.1) is 17.7 Å². The maximum atomic E-state index is 13.9. The summed E-state index contributed by atoms with van der Waals surface area (Å²) in [6, 6.07) is 11.1. The zero-order valence-corrected chi connectivity index (χ0v) is 16.3. The number of hydrogen-bond donors (Lipinski definition) is 0. The average molecular weight is 397 g/mol. The third kappa shape index (κ3) is 2.90.